The number of anilines is 1. The number of carbonyl (C=O) groups is 1. The number of nitrogens with one attached hydrogen (secondary N) is 2. The third kappa shape index (κ3) is 4.36. The van der Waals surface area contributed by atoms with Crippen molar-refractivity contribution in [1.29, 1.82) is 0 Å². The van der Waals surface area contributed by atoms with E-state index in [1.165, 1.54) is 18.7 Å². The van der Waals surface area contributed by atoms with Crippen molar-refractivity contribution in [2.45, 2.75) is 44.9 Å². The molecule has 0 bridgehead atoms. The number of rotatable bonds is 6. The van der Waals surface area contributed by atoms with Crippen molar-refractivity contribution in [2.24, 2.45) is 0 Å². The van der Waals surface area contributed by atoms with E-state index in [4.69, 9.17) is 4.42 Å². The van der Waals surface area contributed by atoms with E-state index >= 15 is 0 Å². The van der Waals surface area contributed by atoms with E-state index in [9.17, 15) is 13.2 Å². The molecule has 6 nitrogen and oxygen atoms in total. The van der Waals surface area contributed by atoms with E-state index in [0.717, 1.165) is 22.1 Å². The summed E-state index contributed by atoms with van der Waals surface area (Å²) in [4.78, 5) is 12.7. The average molecular weight is 415 g/mol. The van der Waals surface area contributed by atoms with Crippen LogP contribution < -0.4 is 10.0 Å². The number of hydrogen-bond donors (Lipinski definition) is 2. The van der Waals surface area contributed by atoms with Crippen molar-refractivity contribution in [1.82, 2.24) is 4.72 Å². The minimum atomic E-state index is -3.60. The fraction of sp³-hybridized carbons (Fsp3) is 0.318. The summed E-state index contributed by atoms with van der Waals surface area (Å²) in [6.07, 6.45) is 1.75. The van der Waals surface area contributed by atoms with Gasteiger partial charge in [-0.25, -0.2) is 13.1 Å². The van der Waals surface area contributed by atoms with Crippen LogP contribution >= 0.6 is 0 Å². The predicted octanol–water partition coefficient (Wildman–Crippen LogP) is 4.26. The van der Waals surface area contributed by atoms with Crippen LogP contribution in [0, 0.1) is 13.8 Å². The second-order valence-corrected chi connectivity index (χ2v) is 9.39. The molecule has 0 unspecified atom stereocenters. The Balaban J connectivity index is 1.85. The van der Waals surface area contributed by atoms with Crippen LogP contribution in [-0.4, -0.2) is 21.4 Å². The largest absolute Gasteiger partial charge is 0.464 e. The maximum atomic E-state index is 12.6. The second-order valence-electron chi connectivity index (χ2n) is 7.53. The summed E-state index contributed by atoms with van der Waals surface area (Å²) in [7, 11) is -2.24. The molecule has 154 valence electrons. The zero-order valence-electron chi connectivity index (χ0n) is 17.3. The number of sulfonamides is 1. The molecule has 1 aromatic heterocycles. The van der Waals surface area contributed by atoms with Gasteiger partial charge in [0.05, 0.1) is 17.6 Å². The molecule has 3 aromatic rings. The number of benzene rings is 2. The van der Waals surface area contributed by atoms with Gasteiger partial charge in [-0.05, 0) is 67.8 Å². The monoisotopic (exact) mass is 414 g/mol. The Morgan fingerprint density at radius 2 is 1.83 bits per heavy atom. The number of amides is 1. The Kier molecular flexibility index (Phi) is 5.82. The molecule has 2 aromatic carbocycles. The molecule has 0 aliphatic rings. The van der Waals surface area contributed by atoms with Crippen molar-refractivity contribution in [2.75, 3.05) is 12.4 Å². The van der Waals surface area contributed by atoms with Gasteiger partial charge in [-0.15, -0.1) is 0 Å². The van der Waals surface area contributed by atoms with Crippen molar-refractivity contribution >= 4 is 32.6 Å². The van der Waals surface area contributed by atoms with Crippen LogP contribution in [0.5, 0.6) is 0 Å². The SMILES string of the molecule is CNS(=O)(=O)c1cc(NC(=O)Cc2coc3cc(C)c(C(C)C)cc23)ccc1C. The zero-order chi connectivity index (χ0) is 21.3. The second kappa shape index (κ2) is 8.00. The molecule has 0 saturated heterocycles. The van der Waals surface area contributed by atoms with Gasteiger partial charge in [-0.1, -0.05) is 19.9 Å². The van der Waals surface area contributed by atoms with Gasteiger partial charge in [0.1, 0.15) is 5.58 Å². The molecule has 1 heterocycles. The summed E-state index contributed by atoms with van der Waals surface area (Å²) < 4.78 is 32.2. The Labute approximate surface area is 171 Å². The van der Waals surface area contributed by atoms with Gasteiger partial charge in [0, 0.05) is 16.6 Å². The van der Waals surface area contributed by atoms with Crippen molar-refractivity contribution < 1.29 is 17.6 Å². The lowest BCUT2D eigenvalue weighted by Gasteiger charge is -2.11. The Morgan fingerprint density at radius 3 is 2.48 bits per heavy atom. The molecular weight excluding hydrogens is 388 g/mol. The summed E-state index contributed by atoms with van der Waals surface area (Å²) >= 11 is 0. The Bertz CT molecular complexity index is 1180. The van der Waals surface area contributed by atoms with Crippen molar-refractivity contribution in [3.63, 3.8) is 0 Å². The van der Waals surface area contributed by atoms with Gasteiger partial charge < -0.3 is 9.73 Å². The maximum Gasteiger partial charge on any atom is 0.240 e. The lowest BCUT2D eigenvalue weighted by Crippen LogP contribution is -2.20. The molecule has 0 fully saturated rings. The van der Waals surface area contributed by atoms with E-state index in [-0.39, 0.29) is 17.2 Å². The lowest BCUT2D eigenvalue weighted by atomic mass is 9.95. The normalized spacial score (nSPS) is 11.9. The van der Waals surface area contributed by atoms with Crippen molar-refractivity contribution in [3.05, 3.63) is 58.8 Å². The number of carbonyl (C=O) groups excluding carboxylic acids is 1. The Morgan fingerprint density at radius 1 is 1.10 bits per heavy atom. The molecule has 2 N–H and O–H groups in total. The van der Waals surface area contributed by atoms with E-state index in [1.807, 2.05) is 6.07 Å². The van der Waals surface area contributed by atoms with Gasteiger partial charge >= 0.3 is 0 Å². The first kappa shape index (κ1) is 21.1. The number of furan rings is 1. The van der Waals surface area contributed by atoms with E-state index in [2.05, 4.69) is 36.9 Å². The van der Waals surface area contributed by atoms with Crippen LogP contribution in [0.15, 0.2) is 45.9 Å². The average Bonchev–Trinajstić information content (AvgIpc) is 3.03. The molecule has 1 amide bonds. The summed E-state index contributed by atoms with van der Waals surface area (Å²) in [5.74, 6) is 0.132. The fourth-order valence-electron chi connectivity index (χ4n) is 3.46. The highest BCUT2D eigenvalue weighted by Crippen LogP contribution is 2.29. The molecule has 0 radical (unpaired) electrons. The van der Waals surface area contributed by atoms with Gasteiger partial charge in [-0.3, -0.25) is 4.79 Å². The first-order valence-electron chi connectivity index (χ1n) is 9.47. The van der Waals surface area contributed by atoms with E-state index in [1.54, 1.807) is 25.3 Å². The van der Waals surface area contributed by atoms with Crippen LogP contribution in [0.25, 0.3) is 11.0 Å². The van der Waals surface area contributed by atoms with E-state index < -0.39 is 10.0 Å². The predicted molar refractivity (Wildman–Crippen MR) is 115 cm³/mol. The standard InChI is InChI=1S/C22H26N2O4S/c1-13(2)18-11-19-16(12-28-20(19)8-15(18)4)9-22(25)24-17-7-6-14(3)21(10-17)29(26,27)23-5/h6-8,10-13,23H,9H2,1-5H3,(H,24,25). The van der Waals surface area contributed by atoms with Crippen LogP contribution in [0.4, 0.5) is 5.69 Å². The maximum absolute atomic E-state index is 12.6. The number of aryl methyl sites for hydroxylation is 2. The van der Waals surface area contributed by atoms with Gasteiger partial charge in [0.25, 0.3) is 0 Å². The third-order valence-corrected chi connectivity index (χ3v) is 6.60. The summed E-state index contributed by atoms with van der Waals surface area (Å²) in [6.45, 7) is 8.03. The topological polar surface area (TPSA) is 88.4 Å². The minimum absolute atomic E-state index is 0.135. The minimum Gasteiger partial charge on any atom is -0.464 e. The first-order chi connectivity index (χ1) is 13.6. The van der Waals surface area contributed by atoms with Crippen LogP contribution in [0.3, 0.4) is 0 Å². The molecule has 29 heavy (non-hydrogen) atoms. The van der Waals surface area contributed by atoms with Crippen molar-refractivity contribution in [3.8, 4) is 0 Å². The highest BCUT2D eigenvalue weighted by Gasteiger charge is 2.17. The van der Waals surface area contributed by atoms with Gasteiger partial charge in [0.2, 0.25) is 15.9 Å². The highest BCUT2D eigenvalue weighted by molar-refractivity contribution is 7.89. The smallest absolute Gasteiger partial charge is 0.240 e. The van der Waals surface area contributed by atoms with E-state index in [0.29, 0.717) is 17.2 Å². The molecule has 0 spiro atoms. The first-order valence-corrected chi connectivity index (χ1v) is 11.0. The molecule has 0 atom stereocenters. The molecule has 7 heteroatoms. The summed E-state index contributed by atoms with van der Waals surface area (Å²) in [5.41, 5.74) is 4.98. The molecule has 0 aliphatic carbocycles. The fourth-order valence-corrected chi connectivity index (χ4v) is 4.45. The molecule has 3 rings (SSSR count). The zero-order valence-corrected chi connectivity index (χ0v) is 18.1. The van der Waals surface area contributed by atoms with Gasteiger partial charge in [-0.2, -0.15) is 0 Å². The number of fused-ring (bicyclic) bond motifs is 1. The Hall–Kier alpha value is -2.64. The summed E-state index contributed by atoms with van der Waals surface area (Å²) in [5, 5.41) is 3.71. The third-order valence-electron chi connectivity index (χ3n) is 5.05. The van der Waals surface area contributed by atoms with Crippen LogP contribution in [-0.2, 0) is 21.2 Å². The quantitative estimate of drug-likeness (QED) is 0.631. The van der Waals surface area contributed by atoms with Crippen LogP contribution in [0.2, 0.25) is 0 Å². The summed E-state index contributed by atoms with van der Waals surface area (Å²) in [6, 6.07) is 8.92. The molecular formula is C22H26N2O4S. The molecule has 0 aliphatic heterocycles. The van der Waals surface area contributed by atoms with Gasteiger partial charge in [0.15, 0.2) is 0 Å². The highest BCUT2D eigenvalue weighted by atomic mass is 32.2. The number of hydrogen-bond acceptors (Lipinski definition) is 4. The molecule has 0 saturated carbocycles. The lowest BCUT2D eigenvalue weighted by molar-refractivity contribution is -0.115. The van der Waals surface area contributed by atoms with Crippen LogP contribution in [0.1, 0.15) is 42.0 Å².